The molecule has 0 aliphatic heterocycles. The Labute approximate surface area is 109 Å². The second-order valence-electron chi connectivity index (χ2n) is 4.81. The molecule has 0 fully saturated rings. The number of hydrogen-bond acceptors (Lipinski definition) is 2. The average Bonchev–Trinajstić information content (AvgIpc) is 2.38. The number of hydrogen-bond donors (Lipinski definition) is 2. The summed E-state index contributed by atoms with van der Waals surface area (Å²) in [5, 5.41) is 10.2. The van der Waals surface area contributed by atoms with Gasteiger partial charge in [-0.2, -0.15) is 0 Å². The van der Waals surface area contributed by atoms with Gasteiger partial charge in [0.2, 0.25) is 0 Å². The molecule has 1 rings (SSSR count). The van der Waals surface area contributed by atoms with E-state index in [1.807, 2.05) is 0 Å². The second kappa shape index (κ2) is 8.22. The molecule has 0 saturated heterocycles. The Hall–Kier alpha value is -0.930. The minimum atomic E-state index is -0.433. The van der Waals surface area contributed by atoms with E-state index in [1.165, 1.54) is 25.0 Å². The first kappa shape index (κ1) is 15.1. The Morgan fingerprint density at radius 3 is 2.39 bits per heavy atom. The predicted octanol–water partition coefficient (Wildman–Crippen LogP) is 3.20. The average molecular weight is 253 g/mol. The van der Waals surface area contributed by atoms with E-state index in [0.717, 1.165) is 24.8 Å². The SMILES string of the molecule is CCCCCCC(O)C(CN)c1ccc(F)cc1. The third-order valence-electron chi connectivity index (χ3n) is 3.37. The van der Waals surface area contributed by atoms with Gasteiger partial charge in [-0.05, 0) is 24.1 Å². The molecular formula is C15H24FNO. The molecule has 0 spiro atoms. The van der Waals surface area contributed by atoms with Crippen LogP contribution >= 0.6 is 0 Å². The number of aliphatic hydroxyl groups is 1. The fourth-order valence-electron chi connectivity index (χ4n) is 2.21. The lowest BCUT2D eigenvalue weighted by Crippen LogP contribution is -2.25. The van der Waals surface area contributed by atoms with Gasteiger partial charge in [-0.1, -0.05) is 44.7 Å². The molecule has 0 saturated carbocycles. The van der Waals surface area contributed by atoms with E-state index in [-0.39, 0.29) is 11.7 Å². The third kappa shape index (κ3) is 4.75. The van der Waals surface area contributed by atoms with Crippen LogP contribution in [0.25, 0.3) is 0 Å². The van der Waals surface area contributed by atoms with Crippen molar-refractivity contribution in [3.63, 3.8) is 0 Å². The highest BCUT2D eigenvalue weighted by Crippen LogP contribution is 2.22. The summed E-state index contributed by atoms with van der Waals surface area (Å²) in [4.78, 5) is 0. The van der Waals surface area contributed by atoms with Gasteiger partial charge in [0, 0.05) is 12.5 Å². The number of benzene rings is 1. The summed E-state index contributed by atoms with van der Waals surface area (Å²) >= 11 is 0. The molecule has 3 heteroatoms. The van der Waals surface area contributed by atoms with Crippen molar-refractivity contribution in [3.8, 4) is 0 Å². The molecule has 2 atom stereocenters. The van der Waals surface area contributed by atoms with Gasteiger partial charge < -0.3 is 10.8 Å². The highest BCUT2D eigenvalue weighted by Gasteiger charge is 2.19. The van der Waals surface area contributed by atoms with Gasteiger partial charge >= 0.3 is 0 Å². The summed E-state index contributed by atoms with van der Waals surface area (Å²) in [6, 6.07) is 6.26. The number of unbranched alkanes of at least 4 members (excludes halogenated alkanes) is 3. The van der Waals surface area contributed by atoms with Crippen LogP contribution in [0.2, 0.25) is 0 Å². The molecule has 2 unspecified atom stereocenters. The van der Waals surface area contributed by atoms with Crippen molar-refractivity contribution in [1.29, 1.82) is 0 Å². The zero-order valence-electron chi connectivity index (χ0n) is 11.1. The maximum Gasteiger partial charge on any atom is 0.123 e. The summed E-state index contributed by atoms with van der Waals surface area (Å²) in [6.45, 7) is 2.55. The minimum Gasteiger partial charge on any atom is -0.392 e. The molecule has 2 nitrogen and oxygen atoms in total. The fourth-order valence-corrected chi connectivity index (χ4v) is 2.21. The standard InChI is InChI=1S/C15H24FNO/c1-2-3-4-5-6-15(18)14(11-17)12-7-9-13(16)10-8-12/h7-10,14-15,18H,2-6,11,17H2,1H3. The van der Waals surface area contributed by atoms with Crippen molar-refractivity contribution in [2.45, 2.75) is 51.0 Å². The molecule has 1 aromatic carbocycles. The van der Waals surface area contributed by atoms with E-state index in [9.17, 15) is 9.50 Å². The molecule has 0 aromatic heterocycles. The predicted molar refractivity (Wildman–Crippen MR) is 73.0 cm³/mol. The largest absolute Gasteiger partial charge is 0.392 e. The quantitative estimate of drug-likeness (QED) is 0.699. The van der Waals surface area contributed by atoms with Crippen LogP contribution in [0.1, 0.15) is 50.5 Å². The van der Waals surface area contributed by atoms with Crippen LogP contribution in [0.15, 0.2) is 24.3 Å². The summed E-state index contributed by atoms with van der Waals surface area (Å²) in [6.07, 6.45) is 4.89. The lowest BCUT2D eigenvalue weighted by molar-refractivity contribution is 0.132. The topological polar surface area (TPSA) is 46.2 Å². The molecule has 0 amide bonds. The highest BCUT2D eigenvalue weighted by atomic mass is 19.1. The first-order valence-electron chi connectivity index (χ1n) is 6.82. The van der Waals surface area contributed by atoms with Gasteiger partial charge in [0.05, 0.1) is 6.10 Å². The van der Waals surface area contributed by atoms with Crippen LogP contribution in [0, 0.1) is 5.82 Å². The zero-order valence-corrected chi connectivity index (χ0v) is 11.1. The van der Waals surface area contributed by atoms with Crippen LogP contribution in [0.4, 0.5) is 4.39 Å². The third-order valence-corrected chi connectivity index (χ3v) is 3.37. The Morgan fingerprint density at radius 2 is 1.83 bits per heavy atom. The number of rotatable bonds is 8. The van der Waals surface area contributed by atoms with Crippen molar-refractivity contribution in [2.24, 2.45) is 5.73 Å². The van der Waals surface area contributed by atoms with Crippen LogP contribution in [0.5, 0.6) is 0 Å². The summed E-state index contributed by atoms with van der Waals surface area (Å²) in [5.74, 6) is -0.348. The Bertz CT molecular complexity index is 326. The molecule has 0 aliphatic rings. The Kier molecular flexibility index (Phi) is 6.91. The van der Waals surface area contributed by atoms with Gasteiger partial charge in [0.1, 0.15) is 5.82 Å². The van der Waals surface area contributed by atoms with Gasteiger partial charge in [-0.25, -0.2) is 4.39 Å². The van der Waals surface area contributed by atoms with E-state index in [0.29, 0.717) is 6.54 Å². The Morgan fingerprint density at radius 1 is 1.17 bits per heavy atom. The van der Waals surface area contributed by atoms with Crippen molar-refractivity contribution in [2.75, 3.05) is 6.54 Å². The molecular weight excluding hydrogens is 229 g/mol. The molecule has 3 N–H and O–H groups in total. The van der Waals surface area contributed by atoms with E-state index in [1.54, 1.807) is 12.1 Å². The van der Waals surface area contributed by atoms with Gasteiger partial charge in [0.15, 0.2) is 0 Å². The first-order chi connectivity index (χ1) is 8.69. The number of nitrogens with two attached hydrogens (primary N) is 1. The molecule has 18 heavy (non-hydrogen) atoms. The van der Waals surface area contributed by atoms with Crippen molar-refractivity contribution in [1.82, 2.24) is 0 Å². The Balaban J connectivity index is 2.51. The van der Waals surface area contributed by atoms with Crippen molar-refractivity contribution in [3.05, 3.63) is 35.6 Å². The molecule has 0 aliphatic carbocycles. The molecule has 1 aromatic rings. The smallest absolute Gasteiger partial charge is 0.123 e. The normalized spacial score (nSPS) is 14.4. The maximum absolute atomic E-state index is 12.8. The fraction of sp³-hybridized carbons (Fsp3) is 0.600. The molecule has 0 bridgehead atoms. The molecule has 0 heterocycles. The van der Waals surface area contributed by atoms with E-state index >= 15 is 0 Å². The number of halogens is 1. The van der Waals surface area contributed by atoms with E-state index in [4.69, 9.17) is 5.73 Å². The second-order valence-corrected chi connectivity index (χ2v) is 4.81. The highest BCUT2D eigenvalue weighted by molar-refractivity contribution is 5.22. The van der Waals surface area contributed by atoms with Crippen LogP contribution < -0.4 is 5.73 Å². The summed E-state index contributed by atoms with van der Waals surface area (Å²) in [5.41, 5.74) is 6.64. The van der Waals surface area contributed by atoms with E-state index < -0.39 is 6.10 Å². The van der Waals surface area contributed by atoms with Crippen LogP contribution in [-0.4, -0.2) is 17.8 Å². The lowest BCUT2D eigenvalue weighted by Gasteiger charge is -2.22. The van der Waals surface area contributed by atoms with Crippen molar-refractivity contribution >= 4 is 0 Å². The zero-order chi connectivity index (χ0) is 13.4. The lowest BCUT2D eigenvalue weighted by atomic mass is 9.90. The summed E-state index contributed by atoms with van der Waals surface area (Å²) < 4.78 is 12.8. The van der Waals surface area contributed by atoms with Gasteiger partial charge in [-0.3, -0.25) is 0 Å². The van der Waals surface area contributed by atoms with E-state index in [2.05, 4.69) is 6.92 Å². The maximum atomic E-state index is 12.8. The van der Waals surface area contributed by atoms with Gasteiger partial charge in [0.25, 0.3) is 0 Å². The molecule has 0 radical (unpaired) electrons. The van der Waals surface area contributed by atoms with Crippen LogP contribution in [-0.2, 0) is 0 Å². The molecule has 102 valence electrons. The van der Waals surface area contributed by atoms with Crippen LogP contribution in [0.3, 0.4) is 0 Å². The summed E-state index contributed by atoms with van der Waals surface area (Å²) in [7, 11) is 0. The minimum absolute atomic E-state index is 0.0905. The van der Waals surface area contributed by atoms with Crippen molar-refractivity contribution < 1.29 is 9.50 Å². The monoisotopic (exact) mass is 253 g/mol. The van der Waals surface area contributed by atoms with Gasteiger partial charge in [-0.15, -0.1) is 0 Å². The first-order valence-corrected chi connectivity index (χ1v) is 6.82. The number of aliphatic hydroxyl groups excluding tert-OH is 1.